The van der Waals surface area contributed by atoms with Crippen LogP contribution in [0.3, 0.4) is 0 Å². The number of hydrogen-bond acceptors (Lipinski definition) is 6. The van der Waals surface area contributed by atoms with Gasteiger partial charge in [-0.25, -0.2) is 4.39 Å². The Morgan fingerprint density at radius 1 is 1.16 bits per heavy atom. The molecule has 0 fully saturated rings. The Balaban J connectivity index is 1.27. The van der Waals surface area contributed by atoms with Gasteiger partial charge in [-0.1, -0.05) is 22.8 Å². The summed E-state index contributed by atoms with van der Waals surface area (Å²) in [6.45, 7) is 0.448. The molecule has 0 saturated carbocycles. The third-order valence-electron chi connectivity index (χ3n) is 4.89. The zero-order valence-corrected chi connectivity index (χ0v) is 17.3. The van der Waals surface area contributed by atoms with Crippen LogP contribution in [0.5, 0.6) is 11.5 Å². The number of carbonyl (C=O) groups excluding carboxylic acids is 1. The lowest BCUT2D eigenvalue weighted by atomic mass is 10.2. The predicted octanol–water partition coefficient (Wildman–Crippen LogP) is 4.04. The van der Waals surface area contributed by atoms with Crippen molar-refractivity contribution < 1.29 is 23.2 Å². The molecule has 4 aromatic rings. The highest BCUT2D eigenvalue weighted by Crippen LogP contribution is 2.35. The quantitative estimate of drug-likeness (QED) is 0.472. The van der Waals surface area contributed by atoms with Crippen molar-refractivity contribution in [2.45, 2.75) is 13.1 Å². The first-order valence-corrected chi connectivity index (χ1v) is 10.0. The van der Waals surface area contributed by atoms with Crippen LogP contribution in [0.1, 0.15) is 5.56 Å². The minimum absolute atomic E-state index is 0.0131. The summed E-state index contributed by atoms with van der Waals surface area (Å²) < 4.78 is 31.1. The maximum Gasteiger partial charge on any atom is 0.274 e. The summed E-state index contributed by atoms with van der Waals surface area (Å²) in [6, 6.07) is 13.3. The molecule has 1 amide bonds. The molecule has 2 aromatic carbocycles. The van der Waals surface area contributed by atoms with Crippen LogP contribution in [0, 0.1) is 5.82 Å². The van der Waals surface area contributed by atoms with Crippen LogP contribution in [-0.4, -0.2) is 27.4 Å². The average Bonchev–Trinajstić information content (AvgIpc) is 3.54. The lowest BCUT2D eigenvalue weighted by Gasteiger charge is -2.08. The third kappa shape index (κ3) is 4.02. The number of amides is 1. The van der Waals surface area contributed by atoms with E-state index >= 15 is 0 Å². The number of nitrogens with one attached hydrogen (secondary N) is 1. The maximum absolute atomic E-state index is 13.3. The number of halogens is 2. The van der Waals surface area contributed by atoms with E-state index in [1.165, 1.54) is 12.1 Å². The smallest absolute Gasteiger partial charge is 0.274 e. The van der Waals surface area contributed by atoms with Gasteiger partial charge in [0.25, 0.3) is 5.89 Å². The molecule has 3 heterocycles. The highest BCUT2D eigenvalue weighted by molar-refractivity contribution is 6.30. The van der Waals surface area contributed by atoms with Crippen LogP contribution in [0.2, 0.25) is 5.02 Å². The molecule has 5 rings (SSSR count). The van der Waals surface area contributed by atoms with E-state index in [4.69, 9.17) is 25.6 Å². The highest BCUT2D eigenvalue weighted by Gasteiger charge is 2.19. The summed E-state index contributed by atoms with van der Waals surface area (Å²) in [4.78, 5) is 16.9. The molecule has 162 valence electrons. The van der Waals surface area contributed by atoms with Gasteiger partial charge in [-0.05, 0) is 48.0 Å². The Hall–Kier alpha value is -3.85. The normalized spacial score (nSPS) is 12.2. The van der Waals surface area contributed by atoms with Crippen LogP contribution < -0.4 is 14.8 Å². The van der Waals surface area contributed by atoms with E-state index < -0.39 is 5.82 Å². The van der Waals surface area contributed by atoms with Crippen molar-refractivity contribution in [2.75, 3.05) is 6.79 Å². The van der Waals surface area contributed by atoms with Crippen molar-refractivity contribution in [2.24, 2.45) is 0 Å². The first-order chi connectivity index (χ1) is 15.6. The Labute approximate surface area is 186 Å². The molecule has 1 aliphatic heterocycles. The van der Waals surface area contributed by atoms with Crippen molar-refractivity contribution >= 4 is 17.5 Å². The number of aromatic nitrogens is 3. The van der Waals surface area contributed by atoms with Crippen LogP contribution in [0.4, 0.5) is 4.39 Å². The molecule has 0 unspecified atom stereocenters. The highest BCUT2D eigenvalue weighted by atomic mass is 35.5. The fraction of sp³-hybridized carbons (Fsp3) is 0.136. The molecule has 0 aliphatic carbocycles. The Bertz CT molecular complexity index is 1300. The van der Waals surface area contributed by atoms with E-state index in [1.54, 1.807) is 41.1 Å². The van der Waals surface area contributed by atoms with Gasteiger partial charge in [0.15, 0.2) is 11.5 Å². The zero-order valence-electron chi connectivity index (χ0n) is 16.5. The van der Waals surface area contributed by atoms with Crippen LogP contribution in [0.15, 0.2) is 59.3 Å². The van der Waals surface area contributed by atoms with Gasteiger partial charge in [-0.2, -0.15) is 4.98 Å². The minimum Gasteiger partial charge on any atom is -0.454 e. The summed E-state index contributed by atoms with van der Waals surface area (Å²) in [5.41, 5.74) is 2.02. The Kier molecular flexibility index (Phi) is 5.24. The van der Waals surface area contributed by atoms with Crippen molar-refractivity contribution in [3.63, 3.8) is 0 Å². The number of ether oxygens (including phenoxy) is 2. The molecule has 32 heavy (non-hydrogen) atoms. The molecule has 1 aliphatic rings. The van der Waals surface area contributed by atoms with E-state index in [9.17, 15) is 9.18 Å². The molecular formula is C22H16ClFN4O4. The molecular weight excluding hydrogens is 439 g/mol. The fourth-order valence-electron chi connectivity index (χ4n) is 3.29. The fourth-order valence-corrected chi connectivity index (χ4v) is 3.49. The number of hydrogen-bond donors (Lipinski definition) is 1. The van der Waals surface area contributed by atoms with Gasteiger partial charge in [-0.15, -0.1) is 0 Å². The average molecular weight is 455 g/mol. The van der Waals surface area contributed by atoms with Crippen LogP contribution in [-0.2, 0) is 17.9 Å². The second kappa shape index (κ2) is 8.35. The molecule has 0 bridgehead atoms. The molecule has 1 N–H and O–H groups in total. The van der Waals surface area contributed by atoms with E-state index in [2.05, 4.69) is 15.5 Å². The molecule has 0 atom stereocenters. The molecule has 0 spiro atoms. The third-order valence-corrected chi connectivity index (χ3v) is 5.18. The second-order valence-corrected chi connectivity index (χ2v) is 7.44. The minimum atomic E-state index is -0.501. The number of rotatable bonds is 6. The maximum atomic E-state index is 13.3. The molecule has 10 heteroatoms. The van der Waals surface area contributed by atoms with Gasteiger partial charge >= 0.3 is 0 Å². The van der Waals surface area contributed by atoms with Gasteiger partial charge < -0.3 is 23.9 Å². The lowest BCUT2D eigenvalue weighted by Crippen LogP contribution is -2.27. The molecule has 8 nitrogen and oxygen atoms in total. The first-order valence-electron chi connectivity index (χ1n) is 9.67. The summed E-state index contributed by atoms with van der Waals surface area (Å²) in [7, 11) is 0. The van der Waals surface area contributed by atoms with E-state index in [1.807, 2.05) is 6.07 Å². The topological polar surface area (TPSA) is 91.4 Å². The first kappa shape index (κ1) is 20.1. The van der Waals surface area contributed by atoms with Crippen molar-refractivity contribution in [3.05, 3.63) is 71.1 Å². The van der Waals surface area contributed by atoms with Crippen molar-refractivity contribution in [1.82, 2.24) is 20.0 Å². The van der Waals surface area contributed by atoms with Gasteiger partial charge in [0.2, 0.25) is 18.5 Å². The predicted molar refractivity (Wildman–Crippen MR) is 113 cm³/mol. The number of carbonyl (C=O) groups is 1. The van der Waals surface area contributed by atoms with Crippen molar-refractivity contribution in [1.29, 1.82) is 0 Å². The van der Waals surface area contributed by atoms with Crippen LogP contribution in [0.25, 0.3) is 23.0 Å². The van der Waals surface area contributed by atoms with E-state index in [-0.39, 0.29) is 36.7 Å². The number of fused-ring (bicyclic) bond motifs is 1. The van der Waals surface area contributed by atoms with Crippen LogP contribution >= 0.6 is 11.6 Å². The lowest BCUT2D eigenvalue weighted by molar-refractivity contribution is -0.121. The van der Waals surface area contributed by atoms with Gasteiger partial charge in [0.1, 0.15) is 18.1 Å². The monoisotopic (exact) mass is 454 g/mol. The largest absolute Gasteiger partial charge is 0.454 e. The summed E-state index contributed by atoms with van der Waals surface area (Å²) >= 11 is 5.78. The number of nitrogens with zero attached hydrogens (tertiary/aromatic N) is 3. The second-order valence-electron chi connectivity index (χ2n) is 7.04. The molecule has 2 aromatic heterocycles. The summed E-state index contributed by atoms with van der Waals surface area (Å²) in [5, 5.41) is 6.84. The Morgan fingerprint density at radius 3 is 2.91 bits per heavy atom. The summed E-state index contributed by atoms with van der Waals surface area (Å²) in [6.07, 6.45) is 1.74. The standard InChI is InChI=1S/C22H16ClFN4O4/c23-15-8-13(3-5-16(15)24)10-25-20(29)11-28-7-1-2-17(28)22-26-21(27-32-22)14-4-6-18-19(9-14)31-12-30-18/h1-9H,10-12H2,(H,25,29). The SMILES string of the molecule is O=C(Cn1cccc1-c1nc(-c2ccc3c(c2)OCO3)no1)NCc1ccc(F)c(Cl)c1. The van der Waals surface area contributed by atoms with E-state index in [0.717, 1.165) is 5.56 Å². The molecule has 0 saturated heterocycles. The van der Waals surface area contributed by atoms with Gasteiger partial charge in [0, 0.05) is 18.3 Å². The Morgan fingerprint density at radius 2 is 2.03 bits per heavy atom. The van der Waals surface area contributed by atoms with E-state index in [0.29, 0.717) is 28.6 Å². The number of benzene rings is 2. The van der Waals surface area contributed by atoms with Gasteiger partial charge in [-0.3, -0.25) is 4.79 Å². The molecule has 0 radical (unpaired) electrons. The zero-order chi connectivity index (χ0) is 22.1. The van der Waals surface area contributed by atoms with Crippen molar-refractivity contribution in [3.8, 4) is 34.5 Å². The summed E-state index contributed by atoms with van der Waals surface area (Å²) in [5.74, 6) is 1.22. The van der Waals surface area contributed by atoms with Gasteiger partial charge in [0.05, 0.1) is 5.02 Å².